The van der Waals surface area contributed by atoms with Crippen LogP contribution in [0.15, 0.2) is 137 Å². The average Bonchev–Trinajstić information content (AvgIpc) is 3.23. The number of nitrogens with zero attached hydrogens (tertiary/aromatic N) is 1. The monoisotopic (exact) mass is 801 g/mol. The summed E-state index contributed by atoms with van der Waals surface area (Å²) in [5.41, 5.74) is 7.05. The van der Waals surface area contributed by atoms with Gasteiger partial charge in [-0.05, 0) is 95.8 Å². The van der Waals surface area contributed by atoms with Gasteiger partial charge in [-0.2, -0.15) is 0 Å². The number of rotatable bonds is 23. The van der Waals surface area contributed by atoms with E-state index in [1.807, 2.05) is 66.8 Å². The van der Waals surface area contributed by atoms with E-state index < -0.39 is 19.7 Å². The lowest BCUT2D eigenvalue weighted by molar-refractivity contribution is 0.582. The molecule has 5 rings (SSSR count). The number of unbranched alkanes of at least 4 members (excludes halogenated alkanes) is 10. The van der Waals surface area contributed by atoms with Crippen LogP contribution in [-0.2, 0) is 19.7 Å². The predicted octanol–water partition coefficient (Wildman–Crippen LogP) is 13.8. The van der Waals surface area contributed by atoms with Gasteiger partial charge in [-0.15, -0.1) is 0 Å². The third-order valence-electron chi connectivity index (χ3n) is 10.3. The van der Waals surface area contributed by atoms with Crippen LogP contribution in [0, 0.1) is 0 Å². The van der Waals surface area contributed by atoms with Crippen molar-refractivity contribution in [3.8, 4) is 0 Å². The van der Waals surface area contributed by atoms with Crippen LogP contribution in [0.1, 0.15) is 113 Å². The second-order valence-electron chi connectivity index (χ2n) is 14.8. The zero-order valence-electron chi connectivity index (χ0n) is 33.7. The molecule has 0 fully saturated rings. The van der Waals surface area contributed by atoms with E-state index in [0.717, 1.165) is 65.0 Å². The molecule has 0 bridgehead atoms. The summed E-state index contributed by atoms with van der Waals surface area (Å²) in [6.45, 7) is 4.36. The maximum atomic E-state index is 12.8. The lowest BCUT2D eigenvalue weighted by atomic mass is 10.1. The van der Waals surface area contributed by atoms with Crippen molar-refractivity contribution in [2.24, 2.45) is 0 Å². The third-order valence-corrected chi connectivity index (χ3v) is 13.9. The molecule has 5 nitrogen and oxygen atoms in total. The van der Waals surface area contributed by atoms with E-state index in [1.165, 1.54) is 38.5 Å². The fourth-order valence-corrected chi connectivity index (χ4v) is 9.57. The Morgan fingerprint density at radius 1 is 0.368 bits per heavy atom. The molecule has 0 radical (unpaired) electrons. The quantitative estimate of drug-likeness (QED) is 0.0486. The summed E-state index contributed by atoms with van der Waals surface area (Å²) < 4.78 is 51.4. The summed E-state index contributed by atoms with van der Waals surface area (Å²) in [5.74, 6) is 0.404. The molecule has 0 N–H and O–H groups in total. The fourth-order valence-electron chi connectivity index (χ4n) is 6.83. The zero-order valence-corrected chi connectivity index (χ0v) is 35.4. The summed E-state index contributed by atoms with van der Waals surface area (Å²) in [6, 6.07) is 41.4. The highest BCUT2D eigenvalue weighted by Crippen LogP contribution is 2.35. The molecule has 0 spiro atoms. The average molecular weight is 802 g/mol. The first-order valence-electron chi connectivity index (χ1n) is 20.8. The van der Waals surface area contributed by atoms with Gasteiger partial charge in [0.2, 0.25) is 0 Å². The van der Waals surface area contributed by atoms with Crippen molar-refractivity contribution in [1.29, 1.82) is 0 Å². The highest BCUT2D eigenvalue weighted by atomic mass is 32.2. The van der Waals surface area contributed by atoms with Crippen LogP contribution in [-0.4, -0.2) is 28.3 Å². The summed E-state index contributed by atoms with van der Waals surface area (Å²) in [4.78, 5) is 3.00. The molecule has 0 aliphatic carbocycles. The predicted molar refractivity (Wildman–Crippen MR) is 243 cm³/mol. The number of anilines is 3. The fraction of sp³-hybridized carbons (Fsp3) is 0.320. The second kappa shape index (κ2) is 22.3. The van der Waals surface area contributed by atoms with Gasteiger partial charge in [0.15, 0.2) is 19.7 Å². The van der Waals surface area contributed by atoms with Gasteiger partial charge in [0.1, 0.15) is 0 Å². The lowest BCUT2D eigenvalue weighted by Crippen LogP contribution is -2.09. The summed E-state index contributed by atoms with van der Waals surface area (Å²) in [7, 11) is -6.54. The Labute approximate surface area is 343 Å². The maximum Gasteiger partial charge on any atom is 0.178 e. The van der Waals surface area contributed by atoms with Gasteiger partial charge >= 0.3 is 0 Å². The highest BCUT2D eigenvalue weighted by Gasteiger charge is 2.15. The van der Waals surface area contributed by atoms with Gasteiger partial charge in [-0.25, -0.2) is 16.8 Å². The van der Waals surface area contributed by atoms with E-state index in [-0.39, 0.29) is 11.5 Å². The van der Waals surface area contributed by atoms with Gasteiger partial charge in [0.25, 0.3) is 0 Å². The normalized spacial score (nSPS) is 12.1. The number of sulfone groups is 2. The van der Waals surface area contributed by atoms with Crippen molar-refractivity contribution >= 4 is 61.0 Å². The molecular weight excluding hydrogens is 743 g/mol. The van der Waals surface area contributed by atoms with Crippen LogP contribution in [0.5, 0.6) is 0 Å². The molecule has 5 aromatic carbocycles. The molecule has 300 valence electrons. The van der Waals surface area contributed by atoms with Crippen molar-refractivity contribution in [2.75, 3.05) is 16.4 Å². The van der Waals surface area contributed by atoms with Gasteiger partial charge in [-0.1, -0.05) is 169 Å². The van der Waals surface area contributed by atoms with Gasteiger partial charge < -0.3 is 4.90 Å². The van der Waals surface area contributed by atoms with Crippen molar-refractivity contribution in [3.63, 3.8) is 0 Å². The standard InChI is InChI=1S/C50H59NO4S2/c1-3-5-7-9-11-16-40-56(52,53)49-36-28-44(29-37-49)22-20-42-24-32-47(33-25-42)51(46-18-14-13-15-19-46)48-34-26-43(27-35-48)21-23-45-30-38-50(39-31-45)57(54,55)41-17-12-10-8-6-4-2/h13-15,18-39H,3-12,16-17,40-41H2,1-2H3/b22-20+,23-21+. The second-order valence-corrected chi connectivity index (χ2v) is 19.1. The Kier molecular flexibility index (Phi) is 17.0. The molecule has 5 aromatic rings. The van der Waals surface area contributed by atoms with Crippen LogP contribution in [0.2, 0.25) is 0 Å². The van der Waals surface area contributed by atoms with Gasteiger partial charge in [0.05, 0.1) is 21.3 Å². The number of hydrogen-bond donors (Lipinski definition) is 0. The Morgan fingerprint density at radius 2 is 0.667 bits per heavy atom. The van der Waals surface area contributed by atoms with E-state index in [2.05, 4.69) is 79.4 Å². The van der Waals surface area contributed by atoms with E-state index in [4.69, 9.17) is 0 Å². The molecule has 7 heteroatoms. The Morgan fingerprint density at radius 3 is 1.02 bits per heavy atom. The Balaban J connectivity index is 1.20. The van der Waals surface area contributed by atoms with Crippen LogP contribution >= 0.6 is 0 Å². The van der Waals surface area contributed by atoms with Crippen molar-refractivity contribution in [2.45, 2.75) is 101 Å². The van der Waals surface area contributed by atoms with Gasteiger partial charge in [0, 0.05) is 17.1 Å². The van der Waals surface area contributed by atoms with E-state index in [0.29, 0.717) is 22.6 Å². The summed E-state index contributed by atoms with van der Waals surface area (Å²) >= 11 is 0. The smallest absolute Gasteiger partial charge is 0.178 e. The number of benzene rings is 5. The Hall–Kier alpha value is -4.72. The first-order chi connectivity index (χ1) is 27.7. The van der Waals surface area contributed by atoms with Crippen LogP contribution in [0.25, 0.3) is 24.3 Å². The van der Waals surface area contributed by atoms with E-state index >= 15 is 0 Å². The lowest BCUT2D eigenvalue weighted by Gasteiger charge is -2.25. The van der Waals surface area contributed by atoms with Gasteiger partial charge in [-0.3, -0.25) is 0 Å². The topological polar surface area (TPSA) is 71.5 Å². The van der Waals surface area contributed by atoms with E-state index in [9.17, 15) is 16.8 Å². The Bertz CT molecular complexity index is 2070. The first kappa shape index (κ1) is 43.4. The number of hydrogen-bond acceptors (Lipinski definition) is 5. The molecule has 57 heavy (non-hydrogen) atoms. The minimum atomic E-state index is -3.27. The summed E-state index contributed by atoms with van der Waals surface area (Å²) in [5, 5.41) is 0. The van der Waals surface area contributed by atoms with Crippen molar-refractivity contribution < 1.29 is 16.8 Å². The van der Waals surface area contributed by atoms with E-state index in [1.54, 1.807) is 24.3 Å². The molecular formula is C50H59NO4S2. The minimum absolute atomic E-state index is 0.202. The number of para-hydroxylation sites is 1. The first-order valence-corrected chi connectivity index (χ1v) is 24.1. The highest BCUT2D eigenvalue weighted by molar-refractivity contribution is 7.91. The molecule has 0 atom stereocenters. The largest absolute Gasteiger partial charge is 0.311 e. The van der Waals surface area contributed by atoms with Crippen LogP contribution in [0.3, 0.4) is 0 Å². The van der Waals surface area contributed by atoms with Crippen LogP contribution < -0.4 is 4.90 Å². The molecule has 0 heterocycles. The van der Waals surface area contributed by atoms with Crippen molar-refractivity contribution in [1.82, 2.24) is 0 Å². The molecule has 0 unspecified atom stereocenters. The van der Waals surface area contributed by atoms with Crippen molar-refractivity contribution in [3.05, 3.63) is 150 Å². The van der Waals surface area contributed by atoms with Crippen LogP contribution in [0.4, 0.5) is 17.1 Å². The summed E-state index contributed by atoms with van der Waals surface area (Å²) in [6.07, 6.45) is 20.8. The molecule has 0 amide bonds. The maximum absolute atomic E-state index is 12.8. The third kappa shape index (κ3) is 13.7. The molecule has 0 aliphatic heterocycles. The molecule has 0 aliphatic rings. The SMILES string of the molecule is CCCCCCCCS(=O)(=O)c1ccc(/C=C/c2ccc(N(c3ccccc3)c3ccc(/C=C/c4ccc(S(=O)(=O)CCCCCCCC)cc4)cc3)cc2)cc1. The molecule has 0 saturated carbocycles. The minimum Gasteiger partial charge on any atom is -0.311 e. The molecule has 0 aromatic heterocycles. The zero-order chi connectivity index (χ0) is 40.4. The molecule has 0 saturated heterocycles.